The largest absolute Gasteiger partial charge is 0.409 e. The van der Waals surface area contributed by atoms with Crippen LogP contribution in [0, 0.1) is 11.7 Å². The third-order valence-corrected chi connectivity index (χ3v) is 2.62. The topological polar surface area (TPSA) is 70.6 Å². The molecule has 0 aromatic heterocycles. The molecule has 0 saturated heterocycles. The monoisotopic (exact) mass is 299 g/mol. The van der Waals surface area contributed by atoms with Gasteiger partial charge in [-0.05, 0) is 18.2 Å². The molecule has 1 rings (SSSR count). The van der Waals surface area contributed by atoms with Gasteiger partial charge in [-0.2, -0.15) is 13.2 Å². The molecule has 0 heterocycles. The Morgan fingerprint density at radius 2 is 2.11 bits per heavy atom. The summed E-state index contributed by atoms with van der Waals surface area (Å²) in [6.45, 7) is -0.734. The van der Waals surface area contributed by atoms with E-state index in [9.17, 15) is 17.6 Å². The second-order valence-corrected chi connectivity index (χ2v) is 4.03. The smallest absolute Gasteiger partial charge is 0.400 e. The number of rotatable bonds is 4. The molecule has 9 heteroatoms. The average Bonchev–Trinajstić information content (AvgIpc) is 2.31. The number of hydrogen-bond acceptors (Lipinski definition) is 3. The van der Waals surface area contributed by atoms with Gasteiger partial charge in [0.1, 0.15) is 11.7 Å². The summed E-state index contributed by atoms with van der Waals surface area (Å²) in [5, 5.41) is 13.0. The minimum Gasteiger partial charge on any atom is -0.409 e. The predicted molar refractivity (Wildman–Crippen MR) is 62.9 cm³/mol. The van der Waals surface area contributed by atoms with E-state index in [1.807, 2.05) is 0 Å². The quantitative estimate of drug-likeness (QED) is 0.263. The first kappa shape index (κ1) is 15.4. The Hall–Kier alpha value is -1.70. The summed E-state index contributed by atoms with van der Waals surface area (Å²) in [5.41, 5.74) is 4.96. The van der Waals surface area contributed by atoms with E-state index in [1.165, 1.54) is 6.07 Å². The van der Waals surface area contributed by atoms with Crippen molar-refractivity contribution in [2.24, 2.45) is 16.8 Å². The first-order chi connectivity index (χ1) is 8.75. The van der Waals surface area contributed by atoms with Gasteiger partial charge >= 0.3 is 6.18 Å². The molecule has 0 saturated carbocycles. The van der Waals surface area contributed by atoms with Crippen molar-refractivity contribution in [3.8, 4) is 0 Å². The zero-order valence-corrected chi connectivity index (χ0v) is 10.1. The number of amidine groups is 1. The van der Waals surface area contributed by atoms with E-state index in [2.05, 4.69) is 10.5 Å². The molecule has 4 nitrogen and oxygen atoms in total. The van der Waals surface area contributed by atoms with E-state index in [-0.39, 0.29) is 10.7 Å². The number of oxime groups is 1. The first-order valence-corrected chi connectivity index (χ1v) is 5.36. The van der Waals surface area contributed by atoms with Crippen molar-refractivity contribution in [2.75, 3.05) is 11.9 Å². The normalized spacial score (nSPS) is 14.3. The van der Waals surface area contributed by atoms with Gasteiger partial charge in [0, 0.05) is 6.54 Å². The lowest BCUT2D eigenvalue weighted by Crippen LogP contribution is -2.40. The second kappa shape index (κ2) is 5.96. The van der Waals surface area contributed by atoms with Crippen LogP contribution in [0.15, 0.2) is 23.4 Å². The van der Waals surface area contributed by atoms with Gasteiger partial charge in [0.2, 0.25) is 0 Å². The highest BCUT2D eigenvalue weighted by atomic mass is 35.5. The van der Waals surface area contributed by atoms with Gasteiger partial charge < -0.3 is 16.3 Å². The van der Waals surface area contributed by atoms with Crippen LogP contribution in [-0.4, -0.2) is 23.8 Å². The Morgan fingerprint density at radius 1 is 1.47 bits per heavy atom. The summed E-state index contributed by atoms with van der Waals surface area (Å²) in [6.07, 6.45) is -4.71. The molecule has 19 heavy (non-hydrogen) atoms. The van der Waals surface area contributed by atoms with Crippen LogP contribution in [0.25, 0.3) is 0 Å². The molecule has 0 radical (unpaired) electrons. The highest BCUT2D eigenvalue weighted by molar-refractivity contribution is 6.33. The molecule has 4 N–H and O–H groups in total. The number of hydrogen-bond donors (Lipinski definition) is 3. The van der Waals surface area contributed by atoms with Crippen LogP contribution in [0.1, 0.15) is 0 Å². The van der Waals surface area contributed by atoms with Crippen LogP contribution in [0.3, 0.4) is 0 Å². The molecule has 0 spiro atoms. The lowest BCUT2D eigenvalue weighted by Gasteiger charge is -2.20. The minimum atomic E-state index is -4.71. The Labute approximate surface area is 110 Å². The molecule has 0 amide bonds. The number of anilines is 1. The van der Waals surface area contributed by atoms with Crippen LogP contribution in [0.2, 0.25) is 5.02 Å². The zero-order chi connectivity index (χ0) is 14.6. The number of halogens is 5. The summed E-state index contributed by atoms with van der Waals surface area (Å²) in [7, 11) is 0. The van der Waals surface area contributed by atoms with Crippen molar-refractivity contribution in [1.29, 1.82) is 0 Å². The Bertz CT molecular complexity index is 478. The Morgan fingerprint density at radius 3 is 2.63 bits per heavy atom. The molecular formula is C10H10ClF4N3O. The zero-order valence-electron chi connectivity index (χ0n) is 9.38. The average molecular weight is 300 g/mol. The summed E-state index contributed by atoms with van der Waals surface area (Å²) < 4.78 is 50.8. The third-order valence-electron chi connectivity index (χ3n) is 2.29. The van der Waals surface area contributed by atoms with E-state index >= 15 is 0 Å². The van der Waals surface area contributed by atoms with Crippen LogP contribution in [0.5, 0.6) is 0 Å². The van der Waals surface area contributed by atoms with E-state index in [4.69, 9.17) is 22.5 Å². The molecule has 1 unspecified atom stereocenters. The molecule has 1 aromatic carbocycles. The number of nitrogens with two attached hydrogens (primary N) is 1. The van der Waals surface area contributed by atoms with Gasteiger partial charge in [0.15, 0.2) is 5.84 Å². The van der Waals surface area contributed by atoms with Crippen molar-refractivity contribution in [3.63, 3.8) is 0 Å². The molecule has 1 atom stereocenters. The first-order valence-electron chi connectivity index (χ1n) is 4.98. The Kier molecular flexibility index (Phi) is 4.82. The molecule has 0 aliphatic carbocycles. The fourth-order valence-electron chi connectivity index (χ4n) is 1.30. The highest BCUT2D eigenvalue weighted by Crippen LogP contribution is 2.28. The predicted octanol–water partition coefficient (Wildman–Crippen LogP) is 2.82. The lowest BCUT2D eigenvalue weighted by molar-refractivity contribution is -0.152. The van der Waals surface area contributed by atoms with Gasteiger partial charge in [-0.25, -0.2) is 4.39 Å². The second-order valence-electron chi connectivity index (χ2n) is 3.62. The molecule has 1 aromatic rings. The fourth-order valence-corrected chi connectivity index (χ4v) is 1.49. The van der Waals surface area contributed by atoms with Crippen LogP contribution < -0.4 is 11.1 Å². The number of nitrogens with zero attached hydrogens (tertiary/aromatic N) is 1. The van der Waals surface area contributed by atoms with Gasteiger partial charge in [-0.15, -0.1) is 0 Å². The van der Waals surface area contributed by atoms with Crippen molar-refractivity contribution < 1.29 is 22.8 Å². The van der Waals surface area contributed by atoms with Crippen molar-refractivity contribution in [1.82, 2.24) is 0 Å². The minimum absolute atomic E-state index is 0.0124. The molecular weight excluding hydrogens is 290 g/mol. The number of alkyl halides is 3. The SMILES string of the molecule is N/C(=N/O)C(CNc1cc(F)ccc1Cl)C(F)(F)F. The van der Waals surface area contributed by atoms with E-state index < -0.39 is 30.3 Å². The summed E-state index contributed by atoms with van der Waals surface area (Å²) >= 11 is 5.69. The molecule has 106 valence electrons. The number of benzene rings is 1. The van der Waals surface area contributed by atoms with Crippen LogP contribution >= 0.6 is 11.6 Å². The van der Waals surface area contributed by atoms with Gasteiger partial charge in [0.25, 0.3) is 0 Å². The van der Waals surface area contributed by atoms with Crippen molar-refractivity contribution >= 4 is 23.1 Å². The van der Waals surface area contributed by atoms with E-state index in [0.717, 1.165) is 12.1 Å². The fraction of sp³-hybridized carbons (Fsp3) is 0.300. The van der Waals surface area contributed by atoms with E-state index in [0.29, 0.717) is 0 Å². The van der Waals surface area contributed by atoms with Gasteiger partial charge in [0.05, 0.1) is 10.7 Å². The van der Waals surface area contributed by atoms with Gasteiger partial charge in [-0.3, -0.25) is 0 Å². The van der Waals surface area contributed by atoms with Crippen molar-refractivity contribution in [2.45, 2.75) is 6.18 Å². The standard InChI is InChI=1S/C10H10ClF4N3O/c11-7-2-1-5(12)3-8(7)17-4-6(9(16)18-19)10(13,14)15/h1-3,6,17,19H,4H2,(H2,16,18). The third kappa shape index (κ3) is 4.16. The van der Waals surface area contributed by atoms with Crippen molar-refractivity contribution in [3.05, 3.63) is 29.0 Å². The number of nitrogens with one attached hydrogen (secondary N) is 1. The van der Waals surface area contributed by atoms with E-state index in [1.54, 1.807) is 0 Å². The molecule has 0 aliphatic rings. The summed E-state index contributed by atoms with van der Waals surface area (Å²) in [6, 6.07) is 3.21. The highest BCUT2D eigenvalue weighted by Gasteiger charge is 2.42. The van der Waals surface area contributed by atoms with Gasteiger partial charge in [-0.1, -0.05) is 16.8 Å². The van der Waals surface area contributed by atoms with Crippen LogP contribution in [0.4, 0.5) is 23.2 Å². The maximum atomic E-state index is 12.9. The molecule has 0 bridgehead atoms. The molecule has 0 fully saturated rings. The summed E-state index contributed by atoms with van der Waals surface area (Å²) in [5.74, 6) is -3.86. The van der Waals surface area contributed by atoms with Crippen LogP contribution in [-0.2, 0) is 0 Å². The molecule has 0 aliphatic heterocycles. The summed E-state index contributed by atoms with van der Waals surface area (Å²) in [4.78, 5) is 0. The maximum Gasteiger partial charge on any atom is 0.400 e. The lowest BCUT2D eigenvalue weighted by atomic mass is 10.1. The maximum absolute atomic E-state index is 12.9. The Balaban J connectivity index is 2.85.